The lowest BCUT2D eigenvalue weighted by Crippen LogP contribution is -2.05. The van der Waals surface area contributed by atoms with Crippen molar-refractivity contribution in [2.45, 2.75) is 13.0 Å². The second-order valence-corrected chi connectivity index (χ2v) is 6.64. The molecule has 0 aliphatic carbocycles. The summed E-state index contributed by atoms with van der Waals surface area (Å²) in [5.74, 6) is 0.650. The molecule has 0 aromatic carbocycles. The van der Waals surface area contributed by atoms with Crippen LogP contribution in [-0.2, 0) is 13.0 Å². The van der Waals surface area contributed by atoms with Crippen molar-refractivity contribution >= 4 is 28.5 Å². The Morgan fingerprint density at radius 3 is 2.82 bits per heavy atom. The van der Waals surface area contributed by atoms with Crippen molar-refractivity contribution in [3.63, 3.8) is 0 Å². The summed E-state index contributed by atoms with van der Waals surface area (Å²) in [7, 11) is 1.50. The minimum atomic E-state index is -0.409. The molecule has 2 N–H and O–H groups in total. The maximum absolute atomic E-state index is 13.4. The molecular weight excluding hydrogens is 381 g/mol. The second kappa shape index (κ2) is 7.82. The standard InChI is InChI=1S/C20H17ClFN5O/c1-28-20-14(7-15(22)11-27-20)10-25-17-3-2-12(8-24-17)6-13-9-26-19-18(13)16(21)4-5-23-19/h2-5,7-9,11H,6,10H2,1H3,(H,23,26)(H,24,25). The number of hydrogen-bond donors (Lipinski definition) is 2. The first-order valence-electron chi connectivity index (χ1n) is 8.61. The fourth-order valence-corrected chi connectivity index (χ4v) is 3.31. The number of aromatic nitrogens is 4. The van der Waals surface area contributed by atoms with Gasteiger partial charge in [0.15, 0.2) is 0 Å². The number of aromatic amines is 1. The number of nitrogens with zero attached hydrogens (tertiary/aromatic N) is 3. The minimum Gasteiger partial charge on any atom is -0.481 e. The largest absolute Gasteiger partial charge is 0.481 e. The molecule has 0 spiro atoms. The predicted octanol–water partition coefficient (Wildman–Crippen LogP) is 4.36. The zero-order valence-corrected chi connectivity index (χ0v) is 15.8. The van der Waals surface area contributed by atoms with Crippen LogP contribution in [0.4, 0.5) is 10.2 Å². The lowest BCUT2D eigenvalue weighted by Gasteiger charge is -2.10. The summed E-state index contributed by atoms with van der Waals surface area (Å²) in [4.78, 5) is 15.8. The summed E-state index contributed by atoms with van der Waals surface area (Å²) in [5, 5.41) is 4.75. The number of fused-ring (bicyclic) bond motifs is 1. The predicted molar refractivity (Wildman–Crippen MR) is 106 cm³/mol. The lowest BCUT2D eigenvalue weighted by atomic mass is 10.1. The highest BCUT2D eigenvalue weighted by Gasteiger charge is 2.10. The molecular formula is C20H17ClFN5O. The highest BCUT2D eigenvalue weighted by atomic mass is 35.5. The smallest absolute Gasteiger partial charge is 0.218 e. The van der Waals surface area contributed by atoms with Crippen LogP contribution in [0.1, 0.15) is 16.7 Å². The average Bonchev–Trinajstić information content (AvgIpc) is 3.12. The van der Waals surface area contributed by atoms with Gasteiger partial charge in [-0.3, -0.25) is 0 Å². The minimum absolute atomic E-state index is 0.351. The molecule has 6 nitrogen and oxygen atoms in total. The third-order valence-corrected chi connectivity index (χ3v) is 4.68. The van der Waals surface area contributed by atoms with Crippen molar-refractivity contribution in [1.29, 1.82) is 0 Å². The van der Waals surface area contributed by atoms with Crippen LogP contribution in [0.15, 0.2) is 49.1 Å². The molecule has 4 aromatic heterocycles. The van der Waals surface area contributed by atoms with Gasteiger partial charge in [0.05, 0.1) is 18.3 Å². The lowest BCUT2D eigenvalue weighted by molar-refractivity contribution is 0.391. The molecule has 0 unspecified atom stereocenters. The van der Waals surface area contributed by atoms with Crippen LogP contribution in [0.3, 0.4) is 0 Å². The van der Waals surface area contributed by atoms with E-state index in [1.807, 2.05) is 18.3 Å². The van der Waals surface area contributed by atoms with Crippen molar-refractivity contribution in [3.8, 4) is 5.88 Å². The van der Waals surface area contributed by atoms with E-state index in [0.717, 1.165) is 28.4 Å². The molecule has 4 aromatic rings. The number of halogens is 2. The molecule has 4 heterocycles. The molecule has 28 heavy (non-hydrogen) atoms. The number of methoxy groups -OCH3 is 1. The number of ether oxygens (including phenoxy) is 1. The SMILES string of the molecule is COc1ncc(F)cc1CNc1ccc(Cc2c[nH]c3nccc(Cl)c23)cn1. The zero-order valence-electron chi connectivity index (χ0n) is 15.0. The number of rotatable bonds is 6. The van der Waals surface area contributed by atoms with Gasteiger partial charge in [-0.25, -0.2) is 19.3 Å². The maximum atomic E-state index is 13.4. The van der Waals surface area contributed by atoms with E-state index in [0.29, 0.717) is 35.2 Å². The van der Waals surface area contributed by atoms with Gasteiger partial charge in [0, 0.05) is 42.5 Å². The van der Waals surface area contributed by atoms with E-state index in [2.05, 4.69) is 25.3 Å². The van der Waals surface area contributed by atoms with E-state index in [1.165, 1.54) is 13.2 Å². The Kier molecular flexibility index (Phi) is 5.08. The molecule has 0 fully saturated rings. The number of H-pyrrole nitrogens is 1. The number of anilines is 1. The van der Waals surface area contributed by atoms with Gasteiger partial charge >= 0.3 is 0 Å². The molecule has 0 radical (unpaired) electrons. The Hall–Kier alpha value is -3.19. The fraction of sp³-hybridized carbons (Fsp3) is 0.150. The topological polar surface area (TPSA) is 75.7 Å². The van der Waals surface area contributed by atoms with Crippen LogP contribution in [0.5, 0.6) is 5.88 Å². The number of hydrogen-bond acceptors (Lipinski definition) is 5. The Balaban J connectivity index is 1.46. The molecule has 0 saturated carbocycles. The number of nitrogens with one attached hydrogen (secondary N) is 2. The van der Waals surface area contributed by atoms with Crippen LogP contribution in [0, 0.1) is 5.82 Å². The first kappa shape index (κ1) is 18.2. The van der Waals surface area contributed by atoms with Crippen LogP contribution in [0.2, 0.25) is 5.02 Å². The second-order valence-electron chi connectivity index (χ2n) is 6.23. The maximum Gasteiger partial charge on any atom is 0.218 e. The average molecular weight is 398 g/mol. The Morgan fingerprint density at radius 1 is 1.14 bits per heavy atom. The van der Waals surface area contributed by atoms with Gasteiger partial charge in [-0.1, -0.05) is 17.7 Å². The van der Waals surface area contributed by atoms with Crippen LogP contribution < -0.4 is 10.1 Å². The molecule has 0 aliphatic rings. The van der Waals surface area contributed by atoms with Gasteiger partial charge < -0.3 is 15.0 Å². The van der Waals surface area contributed by atoms with Crippen LogP contribution in [0.25, 0.3) is 11.0 Å². The Morgan fingerprint density at radius 2 is 2.04 bits per heavy atom. The van der Waals surface area contributed by atoms with Gasteiger partial charge in [0.2, 0.25) is 5.88 Å². The Bertz CT molecular complexity index is 1110. The van der Waals surface area contributed by atoms with Crippen LogP contribution in [-0.4, -0.2) is 27.0 Å². The van der Waals surface area contributed by atoms with Crippen molar-refractivity contribution in [3.05, 3.63) is 76.6 Å². The molecule has 4 rings (SSSR count). The molecule has 0 amide bonds. The molecule has 0 bridgehead atoms. The van der Waals surface area contributed by atoms with E-state index in [9.17, 15) is 4.39 Å². The first-order valence-corrected chi connectivity index (χ1v) is 8.99. The van der Waals surface area contributed by atoms with E-state index < -0.39 is 5.82 Å². The van der Waals surface area contributed by atoms with Crippen LogP contribution >= 0.6 is 11.6 Å². The monoisotopic (exact) mass is 397 g/mol. The highest BCUT2D eigenvalue weighted by Crippen LogP contribution is 2.27. The van der Waals surface area contributed by atoms with Crippen molar-refractivity contribution in [2.24, 2.45) is 0 Å². The first-order chi connectivity index (χ1) is 13.6. The van der Waals surface area contributed by atoms with E-state index in [-0.39, 0.29) is 0 Å². The zero-order chi connectivity index (χ0) is 19.5. The van der Waals surface area contributed by atoms with Crippen molar-refractivity contribution in [1.82, 2.24) is 19.9 Å². The quantitative estimate of drug-likeness (QED) is 0.505. The molecule has 0 atom stereocenters. The summed E-state index contributed by atoms with van der Waals surface area (Å²) in [6.45, 7) is 0.351. The van der Waals surface area contributed by atoms with Crippen molar-refractivity contribution in [2.75, 3.05) is 12.4 Å². The third kappa shape index (κ3) is 3.75. The van der Waals surface area contributed by atoms with Gasteiger partial charge in [-0.2, -0.15) is 0 Å². The fourth-order valence-electron chi connectivity index (χ4n) is 3.04. The van der Waals surface area contributed by atoms with E-state index >= 15 is 0 Å². The summed E-state index contributed by atoms with van der Waals surface area (Å²) < 4.78 is 18.6. The van der Waals surface area contributed by atoms with Gasteiger partial charge in [0.25, 0.3) is 0 Å². The summed E-state index contributed by atoms with van der Waals surface area (Å²) >= 11 is 6.30. The third-order valence-electron chi connectivity index (χ3n) is 4.37. The van der Waals surface area contributed by atoms with Gasteiger partial charge in [-0.15, -0.1) is 0 Å². The molecule has 0 aliphatic heterocycles. The molecule has 8 heteroatoms. The summed E-state index contributed by atoms with van der Waals surface area (Å²) in [6.07, 6.45) is 7.20. The van der Waals surface area contributed by atoms with E-state index in [4.69, 9.17) is 16.3 Å². The van der Waals surface area contributed by atoms with Gasteiger partial charge in [-0.05, 0) is 29.3 Å². The molecule has 142 valence electrons. The van der Waals surface area contributed by atoms with Crippen molar-refractivity contribution < 1.29 is 9.13 Å². The van der Waals surface area contributed by atoms with Gasteiger partial charge in [0.1, 0.15) is 17.3 Å². The Labute approximate surface area is 165 Å². The highest BCUT2D eigenvalue weighted by molar-refractivity contribution is 6.35. The molecule has 0 saturated heterocycles. The summed E-state index contributed by atoms with van der Waals surface area (Å²) in [5.41, 5.74) is 3.49. The van der Waals surface area contributed by atoms with E-state index in [1.54, 1.807) is 18.5 Å². The summed E-state index contributed by atoms with van der Waals surface area (Å²) in [6, 6.07) is 7.03. The number of pyridine rings is 3. The normalized spacial score (nSPS) is 11.0.